The number of hydrogen-bond acceptors (Lipinski definition) is 3. The van der Waals surface area contributed by atoms with Gasteiger partial charge in [-0.25, -0.2) is 4.39 Å². The van der Waals surface area contributed by atoms with Gasteiger partial charge in [0.2, 0.25) is 0 Å². The Kier molecular flexibility index (Phi) is 6.24. The van der Waals surface area contributed by atoms with Gasteiger partial charge < -0.3 is 16.6 Å². The van der Waals surface area contributed by atoms with Crippen LogP contribution in [0.2, 0.25) is 0 Å². The second-order valence-corrected chi connectivity index (χ2v) is 3.22. The molecule has 0 aromatic heterocycles. The van der Waals surface area contributed by atoms with Crippen LogP contribution in [0.5, 0.6) is 5.75 Å². The zero-order chi connectivity index (χ0) is 10.6. The van der Waals surface area contributed by atoms with Gasteiger partial charge in [0.15, 0.2) is 11.6 Å². The molecule has 5 N–H and O–H groups in total. The summed E-state index contributed by atoms with van der Waals surface area (Å²) in [6.45, 7) is 0.545. The van der Waals surface area contributed by atoms with E-state index in [2.05, 4.69) is 0 Å². The maximum atomic E-state index is 12.9. The van der Waals surface area contributed by atoms with Crippen LogP contribution in [0.3, 0.4) is 0 Å². The lowest BCUT2D eigenvalue weighted by Crippen LogP contribution is -2.13. The van der Waals surface area contributed by atoms with Crippen molar-refractivity contribution in [3.63, 3.8) is 0 Å². The summed E-state index contributed by atoms with van der Waals surface area (Å²) in [7, 11) is 0. The lowest BCUT2D eigenvalue weighted by Gasteiger charge is -2.13. The van der Waals surface area contributed by atoms with Crippen LogP contribution in [-0.4, -0.2) is 11.7 Å². The molecule has 3 nitrogen and oxygen atoms in total. The van der Waals surface area contributed by atoms with Gasteiger partial charge in [-0.3, -0.25) is 0 Å². The molecule has 86 valence electrons. The summed E-state index contributed by atoms with van der Waals surface area (Å²) in [5, 5.41) is 9.38. The average Bonchev–Trinajstić information content (AvgIpc) is 2.18. The maximum absolute atomic E-state index is 12.9. The first-order valence-corrected chi connectivity index (χ1v) is 4.60. The van der Waals surface area contributed by atoms with Gasteiger partial charge in [0.25, 0.3) is 0 Å². The Balaban J connectivity index is 0.00000196. The van der Waals surface area contributed by atoms with E-state index >= 15 is 0 Å². The van der Waals surface area contributed by atoms with E-state index in [-0.39, 0.29) is 24.2 Å². The summed E-state index contributed by atoms with van der Waals surface area (Å²) < 4.78 is 12.9. The summed E-state index contributed by atoms with van der Waals surface area (Å²) in [5.74, 6) is -0.984. The minimum Gasteiger partial charge on any atom is -0.505 e. The monoisotopic (exact) mass is 234 g/mol. The fourth-order valence-corrected chi connectivity index (χ4v) is 1.32. The number of phenols is 1. The summed E-state index contributed by atoms with van der Waals surface area (Å²) in [5.41, 5.74) is 11.5. The van der Waals surface area contributed by atoms with E-state index in [0.717, 1.165) is 6.42 Å². The van der Waals surface area contributed by atoms with Gasteiger partial charge in [0.1, 0.15) is 0 Å². The van der Waals surface area contributed by atoms with Crippen LogP contribution in [0, 0.1) is 5.82 Å². The third kappa shape index (κ3) is 3.66. The van der Waals surface area contributed by atoms with Crippen LogP contribution < -0.4 is 11.5 Å². The van der Waals surface area contributed by atoms with Crippen molar-refractivity contribution in [2.75, 3.05) is 6.54 Å². The van der Waals surface area contributed by atoms with Gasteiger partial charge in [-0.15, -0.1) is 12.4 Å². The van der Waals surface area contributed by atoms with Crippen LogP contribution in [0.1, 0.15) is 24.4 Å². The molecule has 1 aromatic carbocycles. The lowest BCUT2D eigenvalue weighted by atomic mass is 10.0. The Morgan fingerprint density at radius 1 is 1.40 bits per heavy atom. The predicted molar refractivity (Wildman–Crippen MR) is 60.5 cm³/mol. The van der Waals surface area contributed by atoms with Crippen LogP contribution in [0.15, 0.2) is 18.2 Å². The molecule has 1 rings (SSSR count). The Bertz CT molecular complexity index is 309. The SMILES string of the molecule is Cl.NCCC[C@@H](N)c1cccc(F)c1O. The van der Waals surface area contributed by atoms with E-state index < -0.39 is 5.82 Å². The molecule has 0 heterocycles. The standard InChI is InChI=1S/C10H15FN2O.ClH/c11-8-4-1-3-7(10(8)14)9(13)5-2-6-12;/h1,3-4,9,14H,2,5-6,12-13H2;1H/t9-;/m1./s1. The van der Waals surface area contributed by atoms with Crippen molar-refractivity contribution in [1.82, 2.24) is 0 Å². The summed E-state index contributed by atoms with van der Waals surface area (Å²) in [4.78, 5) is 0. The molecule has 0 bridgehead atoms. The smallest absolute Gasteiger partial charge is 0.165 e. The third-order valence-electron chi connectivity index (χ3n) is 2.14. The predicted octanol–water partition coefficient (Wildman–Crippen LogP) is 1.69. The van der Waals surface area contributed by atoms with Gasteiger partial charge in [-0.05, 0) is 25.5 Å². The number of phenolic OH excluding ortho intramolecular Hbond substituents is 1. The molecule has 5 heteroatoms. The quantitative estimate of drug-likeness (QED) is 0.743. The molecule has 0 spiro atoms. The van der Waals surface area contributed by atoms with Crippen molar-refractivity contribution < 1.29 is 9.50 Å². The fraction of sp³-hybridized carbons (Fsp3) is 0.400. The summed E-state index contributed by atoms with van der Waals surface area (Å²) in [6.07, 6.45) is 1.41. The number of aromatic hydroxyl groups is 1. The van der Waals surface area contributed by atoms with E-state index in [9.17, 15) is 9.50 Å². The number of para-hydroxylation sites is 1. The van der Waals surface area contributed by atoms with Gasteiger partial charge in [0.05, 0.1) is 0 Å². The zero-order valence-electron chi connectivity index (χ0n) is 8.32. The normalized spacial score (nSPS) is 11.9. The number of benzene rings is 1. The number of halogens is 2. The number of nitrogens with two attached hydrogens (primary N) is 2. The molecule has 0 aliphatic rings. The fourth-order valence-electron chi connectivity index (χ4n) is 1.32. The first-order chi connectivity index (χ1) is 6.66. The molecule has 0 unspecified atom stereocenters. The van der Waals surface area contributed by atoms with E-state index in [1.165, 1.54) is 12.1 Å². The molecule has 1 aromatic rings. The Labute approximate surface area is 94.7 Å². The molecule has 15 heavy (non-hydrogen) atoms. The highest BCUT2D eigenvalue weighted by Crippen LogP contribution is 2.27. The van der Waals surface area contributed by atoms with Crippen molar-refractivity contribution in [3.8, 4) is 5.75 Å². The second kappa shape index (κ2) is 6.61. The Morgan fingerprint density at radius 2 is 2.07 bits per heavy atom. The second-order valence-electron chi connectivity index (χ2n) is 3.22. The van der Waals surface area contributed by atoms with E-state index in [1.807, 2.05) is 0 Å². The van der Waals surface area contributed by atoms with Crippen LogP contribution in [0.4, 0.5) is 4.39 Å². The molecule has 0 fully saturated rings. The van der Waals surface area contributed by atoms with Crippen molar-refractivity contribution in [3.05, 3.63) is 29.6 Å². The highest BCUT2D eigenvalue weighted by Gasteiger charge is 2.12. The largest absolute Gasteiger partial charge is 0.505 e. The molecular formula is C10H16ClFN2O. The minimum absolute atomic E-state index is 0. The lowest BCUT2D eigenvalue weighted by molar-refractivity contribution is 0.418. The molecule has 0 aliphatic carbocycles. The minimum atomic E-state index is -0.634. The maximum Gasteiger partial charge on any atom is 0.165 e. The van der Waals surface area contributed by atoms with Gasteiger partial charge >= 0.3 is 0 Å². The van der Waals surface area contributed by atoms with Crippen LogP contribution in [0.25, 0.3) is 0 Å². The number of rotatable bonds is 4. The van der Waals surface area contributed by atoms with E-state index in [1.54, 1.807) is 6.07 Å². The van der Waals surface area contributed by atoms with Gasteiger partial charge in [-0.1, -0.05) is 12.1 Å². The molecule has 0 radical (unpaired) electrons. The highest BCUT2D eigenvalue weighted by atomic mass is 35.5. The first kappa shape index (κ1) is 14.2. The first-order valence-electron chi connectivity index (χ1n) is 4.60. The van der Waals surface area contributed by atoms with Crippen molar-refractivity contribution >= 4 is 12.4 Å². The Hall–Kier alpha value is -0.840. The van der Waals surface area contributed by atoms with Gasteiger partial charge in [-0.2, -0.15) is 0 Å². The molecule has 0 amide bonds. The number of hydrogen-bond donors (Lipinski definition) is 3. The molecule has 0 aliphatic heterocycles. The van der Waals surface area contributed by atoms with Crippen LogP contribution in [-0.2, 0) is 0 Å². The van der Waals surface area contributed by atoms with Gasteiger partial charge in [0, 0.05) is 11.6 Å². The van der Waals surface area contributed by atoms with Crippen molar-refractivity contribution in [2.45, 2.75) is 18.9 Å². The van der Waals surface area contributed by atoms with E-state index in [4.69, 9.17) is 11.5 Å². The third-order valence-corrected chi connectivity index (χ3v) is 2.14. The molecular weight excluding hydrogens is 219 g/mol. The molecule has 0 saturated heterocycles. The summed E-state index contributed by atoms with van der Waals surface area (Å²) >= 11 is 0. The zero-order valence-corrected chi connectivity index (χ0v) is 9.14. The Morgan fingerprint density at radius 3 is 2.67 bits per heavy atom. The highest BCUT2D eigenvalue weighted by molar-refractivity contribution is 5.85. The molecule has 1 atom stereocenters. The molecule has 0 saturated carbocycles. The summed E-state index contributed by atoms with van der Waals surface area (Å²) in [6, 6.07) is 4.01. The van der Waals surface area contributed by atoms with Crippen molar-refractivity contribution in [1.29, 1.82) is 0 Å². The average molecular weight is 235 g/mol. The van der Waals surface area contributed by atoms with Crippen LogP contribution >= 0.6 is 12.4 Å². The van der Waals surface area contributed by atoms with Crippen molar-refractivity contribution in [2.24, 2.45) is 11.5 Å². The topological polar surface area (TPSA) is 72.3 Å². The van der Waals surface area contributed by atoms with E-state index in [0.29, 0.717) is 18.5 Å².